The normalized spacial score (nSPS) is 20.4. The molecule has 4 nitrogen and oxygen atoms in total. The molecule has 1 atom stereocenters. The number of nitrogens with one attached hydrogen (secondary N) is 1. The topological polar surface area (TPSA) is 39.7 Å². The second-order valence-corrected chi connectivity index (χ2v) is 4.03. The van der Waals surface area contributed by atoms with Gasteiger partial charge in [0.1, 0.15) is 0 Å². The molecule has 1 aliphatic heterocycles. The zero-order valence-electron chi connectivity index (χ0n) is 9.83. The highest BCUT2D eigenvalue weighted by Gasteiger charge is 2.14. The summed E-state index contributed by atoms with van der Waals surface area (Å²) in [5, 5.41) is 3.17. The summed E-state index contributed by atoms with van der Waals surface area (Å²) < 4.78 is 16.1. The van der Waals surface area contributed by atoms with Crippen molar-refractivity contribution in [2.75, 3.05) is 47.2 Å². The third-order valence-corrected chi connectivity index (χ3v) is 2.79. The molecule has 1 rings (SSSR count). The maximum Gasteiger partial charge on any atom is 0.0642 e. The van der Waals surface area contributed by atoms with Gasteiger partial charge < -0.3 is 19.5 Å². The van der Waals surface area contributed by atoms with Crippen LogP contribution in [0.5, 0.6) is 0 Å². The highest BCUT2D eigenvalue weighted by Crippen LogP contribution is 2.14. The first-order valence-electron chi connectivity index (χ1n) is 5.68. The molecule has 1 unspecified atom stereocenters. The van der Waals surface area contributed by atoms with Gasteiger partial charge in [-0.3, -0.25) is 0 Å². The summed E-state index contributed by atoms with van der Waals surface area (Å²) in [6, 6.07) is 0.301. The second kappa shape index (κ2) is 8.05. The molecule has 0 radical (unpaired) electrons. The van der Waals surface area contributed by atoms with Crippen LogP contribution >= 0.6 is 0 Å². The Kier molecular flexibility index (Phi) is 6.92. The van der Waals surface area contributed by atoms with E-state index in [2.05, 4.69) is 5.32 Å². The Balaban J connectivity index is 2.03. The third-order valence-electron chi connectivity index (χ3n) is 2.79. The second-order valence-electron chi connectivity index (χ2n) is 4.03. The lowest BCUT2D eigenvalue weighted by Gasteiger charge is -2.23. The van der Waals surface area contributed by atoms with Crippen LogP contribution in [0.2, 0.25) is 0 Å². The fraction of sp³-hybridized carbons (Fsp3) is 1.00. The molecule has 1 aliphatic rings. The van der Waals surface area contributed by atoms with Gasteiger partial charge in [-0.15, -0.1) is 0 Å². The van der Waals surface area contributed by atoms with Crippen LogP contribution in [-0.4, -0.2) is 53.2 Å². The lowest BCUT2D eigenvalue weighted by Crippen LogP contribution is -2.35. The molecule has 0 aromatic carbocycles. The third kappa shape index (κ3) is 5.47. The highest BCUT2D eigenvalue weighted by atomic mass is 16.5. The average molecular weight is 217 g/mol. The Morgan fingerprint density at radius 2 is 2.07 bits per heavy atom. The van der Waals surface area contributed by atoms with Crippen LogP contribution in [0.1, 0.15) is 12.8 Å². The number of ether oxygens (including phenoxy) is 3. The predicted octanol–water partition coefficient (Wildman–Crippen LogP) is 0.664. The zero-order chi connectivity index (χ0) is 10.9. The minimum Gasteiger partial charge on any atom is -0.383 e. The molecule has 0 aromatic rings. The lowest BCUT2D eigenvalue weighted by molar-refractivity contribution is 0.00928. The largest absolute Gasteiger partial charge is 0.383 e. The lowest BCUT2D eigenvalue weighted by atomic mass is 10.0. The molecule has 0 aliphatic carbocycles. The first-order valence-corrected chi connectivity index (χ1v) is 5.68. The minimum atomic E-state index is 0.301. The van der Waals surface area contributed by atoms with E-state index in [0.717, 1.165) is 39.3 Å². The van der Waals surface area contributed by atoms with E-state index in [1.807, 2.05) is 7.05 Å². The molecule has 0 bridgehead atoms. The summed E-state index contributed by atoms with van der Waals surface area (Å²) in [5.41, 5.74) is 0. The van der Waals surface area contributed by atoms with Crippen molar-refractivity contribution in [3.05, 3.63) is 0 Å². The van der Waals surface area contributed by atoms with Crippen molar-refractivity contribution in [1.82, 2.24) is 5.32 Å². The van der Waals surface area contributed by atoms with Crippen LogP contribution in [0.25, 0.3) is 0 Å². The van der Waals surface area contributed by atoms with Crippen LogP contribution in [-0.2, 0) is 14.2 Å². The molecular weight excluding hydrogens is 194 g/mol. The van der Waals surface area contributed by atoms with Crippen molar-refractivity contribution in [2.24, 2.45) is 5.92 Å². The summed E-state index contributed by atoms with van der Waals surface area (Å²) in [5.74, 6) is 0.679. The van der Waals surface area contributed by atoms with Gasteiger partial charge in [0.25, 0.3) is 0 Å². The van der Waals surface area contributed by atoms with E-state index in [1.54, 1.807) is 7.11 Å². The standard InChI is InChI=1S/C11H23NO3/c1-12-11(8-13-2)9-15-7-10-3-5-14-6-4-10/h10-12H,3-9H2,1-2H3. The van der Waals surface area contributed by atoms with Crippen molar-refractivity contribution < 1.29 is 14.2 Å². The van der Waals surface area contributed by atoms with Crippen LogP contribution < -0.4 is 5.32 Å². The fourth-order valence-electron chi connectivity index (χ4n) is 1.71. The summed E-state index contributed by atoms with van der Waals surface area (Å²) in [6.07, 6.45) is 2.27. The van der Waals surface area contributed by atoms with E-state index in [0.29, 0.717) is 18.6 Å². The van der Waals surface area contributed by atoms with Gasteiger partial charge in [-0.1, -0.05) is 0 Å². The molecule has 1 saturated heterocycles. The molecule has 0 saturated carbocycles. The molecule has 15 heavy (non-hydrogen) atoms. The minimum absolute atomic E-state index is 0.301. The summed E-state index contributed by atoms with van der Waals surface area (Å²) in [6.45, 7) is 4.06. The first kappa shape index (κ1) is 12.9. The Hall–Kier alpha value is -0.160. The van der Waals surface area contributed by atoms with Crippen molar-refractivity contribution >= 4 is 0 Å². The van der Waals surface area contributed by atoms with Crippen LogP contribution in [0, 0.1) is 5.92 Å². The molecule has 0 amide bonds. The number of methoxy groups -OCH3 is 1. The maximum atomic E-state index is 5.68. The molecule has 1 heterocycles. The Morgan fingerprint density at radius 3 is 2.67 bits per heavy atom. The zero-order valence-corrected chi connectivity index (χ0v) is 9.83. The quantitative estimate of drug-likeness (QED) is 0.680. The van der Waals surface area contributed by atoms with Crippen LogP contribution in [0.15, 0.2) is 0 Å². The predicted molar refractivity (Wildman–Crippen MR) is 59.1 cm³/mol. The van der Waals surface area contributed by atoms with E-state index < -0.39 is 0 Å². The van der Waals surface area contributed by atoms with Gasteiger partial charge in [0.05, 0.1) is 19.3 Å². The van der Waals surface area contributed by atoms with Gasteiger partial charge in [-0.05, 0) is 25.8 Å². The Labute approximate surface area is 92.3 Å². The van der Waals surface area contributed by atoms with Crippen molar-refractivity contribution in [3.8, 4) is 0 Å². The monoisotopic (exact) mass is 217 g/mol. The molecule has 4 heteroatoms. The van der Waals surface area contributed by atoms with E-state index in [1.165, 1.54) is 0 Å². The van der Waals surface area contributed by atoms with Gasteiger partial charge in [0.2, 0.25) is 0 Å². The molecule has 0 spiro atoms. The number of rotatable bonds is 7. The van der Waals surface area contributed by atoms with E-state index in [4.69, 9.17) is 14.2 Å². The first-order chi connectivity index (χ1) is 7.36. The van der Waals surface area contributed by atoms with E-state index in [9.17, 15) is 0 Å². The summed E-state index contributed by atoms with van der Waals surface area (Å²) >= 11 is 0. The van der Waals surface area contributed by atoms with Gasteiger partial charge in [-0.25, -0.2) is 0 Å². The molecule has 0 aromatic heterocycles. The Morgan fingerprint density at radius 1 is 1.33 bits per heavy atom. The van der Waals surface area contributed by atoms with Crippen molar-refractivity contribution in [2.45, 2.75) is 18.9 Å². The number of hydrogen-bond donors (Lipinski definition) is 1. The van der Waals surface area contributed by atoms with Gasteiger partial charge in [0.15, 0.2) is 0 Å². The van der Waals surface area contributed by atoms with Crippen LogP contribution in [0.3, 0.4) is 0 Å². The van der Waals surface area contributed by atoms with Gasteiger partial charge in [0, 0.05) is 26.9 Å². The molecule has 90 valence electrons. The Bertz CT molecular complexity index is 144. The maximum absolute atomic E-state index is 5.68. The number of likely N-dealkylation sites (N-methyl/N-ethyl adjacent to an activating group) is 1. The highest BCUT2D eigenvalue weighted by molar-refractivity contribution is 4.65. The van der Waals surface area contributed by atoms with Crippen molar-refractivity contribution in [3.63, 3.8) is 0 Å². The SMILES string of the molecule is CNC(COC)COCC1CCOCC1. The molecular formula is C11H23NO3. The van der Waals surface area contributed by atoms with E-state index >= 15 is 0 Å². The molecule has 1 fully saturated rings. The van der Waals surface area contributed by atoms with Gasteiger partial charge in [-0.2, -0.15) is 0 Å². The summed E-state index contributed by atoms with van der Waals surface area (Å²) in [4.78, 5) is 0. The number of hydrogen-bond acceptors (Lipinski definition) is 4. The van der Waals surface area contributed by atoms with Crippen LogP contribution in [0.4, 0.5) is 0 Å². The average Bonchev–Trinajstić information content (AvgIpc) is 2.29. The summed E-state index contributed by atoms with van der Waals surface area (Å²) in [7, 11) is 3.64. The van der Waals surface area contributed by atoms with Gasteiger partial charge >= 0.3 is 0 Å². The van der Waals surface area contributed by atoms with E-state index in [-0.39, 0.29) is 0 Å². The van der Waals surface area contributed by atoms with Crippen molar-refractivity contribution in [1.29, 1.82) is 0 Å². The smallest absolute Gasteiger partial charge is 0.0642 e. The fourth-order valence-corrected chi connectivity index (χ4v) is 1.71. The molecule has 1 N–H and O–H groups in total.